The number of aryl methyl sites for hydroxylation is 1. The molecule has 2 N–H and O–H groups in total. The summed E-state index contributed by atoms with van der Waals surface area (Å²) in [7, 11) is 3.54. The summed E-state index contributed by atoms with van der Waals surface area (Å²) in [4.78, 5) is 31.5. The van der Waals surface area contributed by atoms with Crippen molar-refractivity contribution in [1.82, 2.24) is 14.5 Å². The second kappa shape index (κ2) is 6.88. The summed E-state index contributed by atoms with van der Waals surface area (Å²) in [5.74, 6) is 0.270. The van der Waals surface area contributed by atoms with Crippen molar-refractivity contribution in [2.24, 2.45) is 7.05 Å². The predicted molar refractivity (Wildman–Crippen MR) is 105 cm³/mol. The topological polar surface area (TPSA) is 98.2 Å². The molecule has 1 atom stereocenters. The number of ether oxygens (including phenoxy) is 2. The van der Waals surface area contributed by atoms with Gasteiger partial charge in [-0.1, -0.05) is 0 Å². The zero-order valence-electron chi connectivity index (χ0n) is 16.0. The number of carbonyl (C=O) groups is 1. The highest BCUT2D eigenvalue weighted by Crippen LogP contribution is 2.35. The highest BCUT2D eigenvalue weighted by molar-refractivity contribution is 5.98. The third-order valence-corrected chi connectivity index (χ3v) is 5.18. The van der Waals surface area contributed by atoms with Crippen molar-refractivity contribution in [3.63, 3.8) is 0 Å². The summed E-state index contributed by atoms with van der Waals surface area (Å²) in [6.45, 7) is 2.42. The standard InChI is InChI=1S/C20H22N4O4/c1-12(25)22-19-8-14-15(10-24(2)17(14)9-21-19)16-6-13(26)7-18(23-16)20(27-3)4-5-28-11-20/h6-10H,4-5,11H2,1-3H3,(H,23,26)(H,21,22,25)/t20-/m1/s1. The molecule has 1 saturated heterocycles. The van der Waals surface area contributed by atoms with Crippen LogP contribution in [0.25, 0.3) is 22.2 Å². The van der Waals surface area contributed by atoms with Gasteiger partial charge < -0.3 is 24.3 Å². The Hall–Kier alpha value is -2.97. The van der Waals surface area contributed by atoms with Gasteiger partial charge in [0, 0.05) is 63.4 Å². The molecule has 4 heterocycles. The van der Waals surface area contributed by atoms with Crippen molar-refractivity contribution in [3.8, 4) is 11.3 Å². The Bertz CT molecular complexity index is 1110. The van der Waals surface area contributed by atoms with E-state index in [0.29, 0.717) is 36.8 Å². The second-order valence-electron chi connectivity index (χ2n) is 7.07. The number of amides is 1. The number of nitrogens with zero attached hydrogens (tertiary/aromatic N) is 2. The minimum Gasteiger partial charge on any atom is -0.378 e. The molecule has 0 aromatic carbocycles. The van der Waals surface area contributed by atoms with Gasteiger partial charge in [-0.3, -0.25) is 9.59 Å². The molecule has 0 radical (unpaired) electrons. The van der Waals surface area contributed by atoms with E-state index in [1.165, 1.54) is 6.92 Å². The summed E-state index contributed by atoms with van der Waals surface area (Å²) in [5.41, 5.74) is 2.35. The maximum absolute atomic E-state index is 12.5. The zero-order chi connectivity index (χ0) is 19.9. The Morgan fingerprint density at radius 1 is 1.39 bits per heavy atom. The molecule has 1 aliphatic heterocycles. The first-order valence-electron chi connectivity index (χ1n) is 9.03. The molecule has 146 valence electrons. The monoisotopic (exact) mass is 382 g/mol. The molecule has 4 rings (SSSR count). The summed E-state index contributed by atoms with van der Waals surface area (Å²) in [6, 6.07) is 4.94. The number of fused-ring (bicyclic) bond motifs is 1. The van der Waals surface area contributed by atoms with Gasteiger partial charge in [0.15, 0.2) is 5.43 Å². The van der Waals surface area contributed by atoms with E-state index < -0.39 is 5.60 Å². The van der Waals surface area contributed by atoms with Crippen molar-refractivity contribution in [3.05, 3.63) is 46.5 Å². The van der Waals surface area contributed by atoms with Crippen LogP contribution in [-0.4, -0.2) is 40.8 Å². The van der Waals surface area contributed by atoms with Crippen molar-refractivity contribution in [1.29, 1.82) is 0 Å². The van der Waals surface area contributed by atoms with Gasteiger partial charge in [-0.05, 0) is 6.07 Å². The number of methoxy groups -OCH3 is 1. The number of aromatic nitrogens is 3. The van der Waals surface area contributed by atoms with Crippen molar-refractivity contribution >= 4 is 22.6 Å². The smallest absolute Gasteiger partial charge is 0.222 e. The van der Waals surface area contributed by atoms with E-state index >= 15 is 0 Å². The van der Waals surface area contributed by atoms with Crippen LogP contribution < -0.4 is 10.7 Å². The van der Waals surface area contributed by atoms with Gasteiger partial charge in [-0.15, -0.1) is 0 Å². The number of hydrogen-bond donors (Lipinski definition) is 2. The van der Waals surface area contributed by atoms with Crippen LogP contribution in [-0.2, 0) is 26.9 Å². The Morgan fingerprint density at radius 3 is 2.89 bits per heavy atom. The molecule has 0 saturated carbocycles. The molecular weight excluding hydrogens is 360 g/mol. The first kappa shape index (κ1) is 18.4. The molecular formula is C20H22N4O4. The fourth-order valence-electron chi connectivity index (χ4n) is 3.70. The van der Waals surface area contributed by atoms with Crippen LogP contribution in [0.15, 0.2) is 35.4 Å². The van der Waals surface area contributed by atoms with Crippen LogP contribution in [0, 0.1) is 0 Å². The largest absolute Gasteiger partial charge is 0.378 e. The van der Waals surface area contributed by atoms with Crippen LogP contribution in [0.1, 0.15) is 19.0 Å². The first-order chi connectivity index (χ1) is 13.4. The van der Waals surface area contributed by atoms with E-state index in [2.05, 4.69) is 15.3 Å². The number of rotatable bonds is 4. The van der Waals surface area contributed by atoms with Crippen LogP contribution in [0.4, 0.5) is 5.82 Å². The molecule has 0 bridgehead atoms. The van der Waals surface area contributed by atoms with Crippen LogP contribution in [0.3, 0.4) is 0 Å². The maximum Gasteiger partial charge on any atom is 0.222 e. The number of carbonyl (C=O) groups excluding carboxylic acids is 1. The van der Waals surface area contributed by atoms with E-state index in [9.17, 15) is 9.59 Å². The van der Waals surface area contributed by atoms with E-state index in [1.807, 2.05) is 23.9 Å². The molecule has 0 spiro atoms. The summed E-state index contributed by atoms with van der Waals surface area (Å²) in [6.07, 6.45) is 4.31. The molecule has 3 aromatic rings. The molecule has 1 fully saturated rings. The van der Waals surface area contributed by atoms with Gasteiger partial charge in [-0.2, -0.15) is 0 Å². The quantitative estimate of drug-likeness (QED) is 0.720. The van der Waals surface area contributed by atoms with Gasteiger partial charge >= 0.3 is 0 Å². The van der Waals surface area contributed by atoms with Crippen molar-refractivity contribution < 1.29 is 14.3 Å². The lowest BCUT2D eigenvalue weighted by molar-refractivity contribution is -0.114. The third-order valence-electron chi connectivity index (χ3n) is 5.18. The Kier molecular flexibility index (Phi) is 4.52. The number of H-pyrrole nitrogens is 1. The van der Waals surface area contributed by atoms with Gasteiger partial charge in [0.25, 0.3) is 0 Å². The lowest BCUT2D eigenvalue weighted by Crippen LogP contribution is -2.31. The average Bonchev–Trinajstić information content (AvgIpc) is 3.26. The van der Waals surface area contributed by atoms with E-state index in [4.69, 9.17) is 9.47 Å². The van der Waals surface area contributed by atoms with Crippen molar-refractivity contribution in [2.75, 3.05) is 25.6 Å². The van der Waals surface area contributed by atoms with E-state index in [1.54, 1.807) is 25.4 Å². The molecule has 28 heavy (non-hydrogen) atoms. The van der Waals surface area contributed by atoms with Gasteiger partial charge in [-0.25, -0.2) is 4.98 Å². The molecule has 8 heteroatoms. The van der Waals surface area contributed by atoms with E-state index in [-0.39, 0.29) is 11.3 Å². The number of pyridine rings is 2. The molecule has 8 nitrogen and oxygen atoms in total. The normalized spacial score (nSPS) is 19.2. The summed E-state index contributed by atoms with van der Waals surface area (Å²) in [5, 5.41) is 3.58. The number of aromatic amines is 1. The first-order valence-corrected chi connectivity index (χ1v) is 9.03. The summed E-state index contributed by atoms with van der Waals surface area (Å²) >= 11 is 0. The lowest BCUT2D eigenvalue weighted by atomic mass is 9.97. The second-order valence-corrected chi connectivity index (χ2v) is 7.07. The van der Waals surface area contributed by atoms with E-state index in [0.717, 1.165) is 16.5 Å². The molecule has 3 aromatic heterocycles. The van der Waals surface area contributed by atoms with Gasteiger partial charge in [0.1, 0.15) is 11.4 Å². The predicted octanol–water partition coefficient (Wildman–Crippen LogP) is 2.15. The Balaban J connectivity index is 1.88. The minimum absolute atomic E-state index is 0.111. The summed E-state index contributed by atoms with van der Waals surface area (Å²) < 4.78 is 13.2. The highest BCUT2D eigenvalue weighted by Gasteiger charge is 2.38. The minimum atomic E-state index is -0.650. The fraction of sp³-hybridized carbons (Fsp3) is 0.350. The Labute approximate surface area is 161 Å². The molecule has 0 unspecified atom stereocenters. The number of anilines is 1. The van der Waals surface area contributed by atoms with Crippen molar-refractivity contribution in [2.45, 2.75) is 18.9 Å². The number of nitrogens with one attached hydrogen (secondary N) is 2. The lowest BCUT2D eigenvalue weighted by Gasteiger charge is -2.26. The fourth-order valence-corrected chi connectivity index (χ4v) is 3.70. The number of hydrogen-bond acceptors (Lipinski definition) is 5. The highest BCUT2D eigenvalue weighted by atomic mass is 16.5. The van der Waals surface area contributed by atoms with Gasteiger partial charge in [0.2, 0.25) is 5.91 Å². The van der Waals surface area contributed by atoms with Crippen LogP contribution in [0.5, 0.6) is 0 Å². The average molecular weight is 382 g/mol. The maximum atomic E-state index is 12.5. The zero-order valence-corrected chi connectivity index (χ0v) is 16.0. The van der Waals surface area contributed by atoms with Crippen LogP contribution in [0.2, 0.25) is 0 Å². The molecule has 1 amide bonds. The van der Waals surface area contributed by atoms with Gasteiger partial charge in [0.05, 0.1) is 29.7 Å². The third kappa shape index (κ3) is 3.10. The SMILES string of the molecule is CO[C@]1(c2cc(=O)cc(-c3cn(C)c4cnc(NC(C)=O)cc34)[nH]2)CCOC1. The Morgan fingerprint density at radius 2 is 2.21 bits per heavy atom. The molecule has 0 aliphatic carbocycles. The van der Waals surface area contributed by atoms with Crippen LogP contribution >= 0.6 is 0 Å². The molecule has 1 aliphatic rings.